The van der Waals surface area contributed by atoms with Gasteiger partial charge in [-0.2, -0.15) is 0 Å². The van der Waals surface area contributed by atoms with E-state index in [-0.39, 0.29) is 40.6 Å². The Kier molecular flexibility index (Phi) is 6.24. The lowest BCUT2D eigenvalue weighted by atomic mass is 9.91. The zero-order valence-electron chi connectivity index (χ0n) is 18.8. The minimum atomic E-state index is -1.53. The zero-order valence-corrected chi connectivity index (χ0v) is 18.8. The van der Waals surface area contributed by atoms with Crippen LogP contribution in [-0.2, 0) is 4.74 Å². The van der Waals surface area contributed by atoms with Gasteiger partial charge < -0.3 is 39.4 Å². The summed E-state index contributed by atoms with van der Waals surface area (Å²) in [5.74, 6) is 0.475. The summed E-state index contributed by atoms with van der Waals surface area (Å²) in [5.41, 5.74) is 1.57. The first-order chi connectivity index (χ1) is 15.6. The van der Waals surface area contributed by atoms with Crippen molar-refractivity contribution in [1.29, 1.82) is 0 Å². The third-order valence-corrected chi connectivity index (χ3v) is 6.28. The Bertz CT molecular complexity index is 1050. The average Bonchev–Trinajstić information content (AvgIpc) is 2.81. The highest BCUT2D eigenvalue weighted by Crippen LogP contribution is 2.48. The Hall–Kier alpha value is -2.85. The summed E-state index contributed by atoms with van der Waals surface area (Å²) in [6.45, 7) is 4.79. The number of rotatable bonds is 4. The molecule has 2 aliphatic heterocycles. The maximum absolute atomic E-state index is 13.0. The quantitative estimate of drug-likeness (QED) is 0.540. The van der Waals surface area contributed by atoms with Crippen molar-refractivity contribution < 1.29 is 44.2 Å². The molecule has 4 rings (SSSR count). The molecule has 2 heterocycles. The molecule has 0 spiro atoms. The Morgan fingerprint density at radius 1 is 1.00 bits per heavy atom. The van der Waals surface area contributed by atoms with Crippen LogP contribution in [0.3, 0.4) is 0 Å². The molecule has 4 N–H and O–H groups in total. The second-order valence-electron chi connectivity index (χ2n) is 8.44. The molecule has 1 saturated heterocycles. The van der Waals surface area contributed by atoms with E-state index in [9.17, 15) is 25.2 Å². The number of benzene rings is 2. The number of hydrogen-bond donors (Lipinski definition) is 4. The van der Waals surface area contributed by atoms with E-state index in [1.54, 1.807) is 40.0 Å². The molecule has 0 bridgehead atoms. The molecule has 9 heteroatoms. The van der Waals surface area contributed by atoms with Crippen molar-refractivity contribution >= 4 is 5.78 Å². The summed E-state index contributed by atoms with van der Waals surface area (Å²) in [6, 6.07) is 7.16. The number of Topliss-reactive ketones (excluding diaryl/α,β-unsaturated/α-hetero) is 1. The van der Waals surface area contributed by atoms with Gasteiger partial charge in [-0.15, -0.1) is 0 Å². The Balaban J connectivity index is 1.69. The van der Waals surface area contributed by atoms with E-state index >= 15 is 0 Å². The second-order valence-corrected chi connectivity index (χ2v) is 8.44. The number of carbonyl (C=O) groups is 1. The van der Waals surface area contributed by atoms with E-state index < -0.39 is 36.8 Å². The number of ketones is 1. The maximum Gasteiger partial charge on any atom is 0.229 e. The van der Waals surface area contributed by atoms with Crippen molar-refractivity contribution in [2.45, 2.75) is 64.0 Å². The number of aliphatic hydroxyl groups is 3. The van der Waals surface area contributed by atoms with Crippen LogP contribution >= 0.6 is 0 Å². The van der Waals surface area contributed by atoms with E-state index in [1.807, 2.05) is 12.1 Å². The maximum atomic E-state index is 13.0. The van der Waals surface area contributed by atoms with Gasteiger partial charge in [0.25, 0.3) is 0 Å². The first kappa shape index (κ1) is 23.3. The molecule has 2 aromatic rings. The monoisotopic (exact) mass is 460 g/mol. The average molecular weight is 460 g/mol. The Morgan fingerprint density at radius 2 is 1.67 bits per heavy atom. The summed E-state index contributed by atoms with van der Waals surface area (Å²) >= 11 is 0. The lowest BCUT2D eigenvalue weighted by Gasteiger charge is -2.39. The molecular formula is C24H28O9. The highest BCUT2D eigenvalue weighted by Gasteiger charge is 2.44. The lowest BCUT2D eigenvalue weighted by molar-refractivity contribution is -0.268. The van der Waals surface area contributed by atoms with Gasteiger partial charge in [-0.3, -0.25) is 4.79 Å². The second kappa shape index (κ2) is 8.83. The molecule has 0 saturated carbocycles. The van der Waals surface area contributed by atoms with Crippen LogP contribution in [0.2, 0.25) is 0 Å². The third-order valence-electron chi connectivity index (χ3n) is 6.28. The number of fused-ring (bicyclic) bond motifs is 1. The summed E-state index contributed by atoms with van der Waals surface area (Å²) in [4.78, 5) is 13.0. The molecule has 1 fully saturated rings. The molecule has 33 heavy (non-hydrogen) atoms. The molecule has 2 aliphatic rings. The number of methoxy groups -OCH3 is 1. The molecule has 6 atom stereocenters. The van der Waals surface area contributed by atoms with Gasteiger partial charge in [0.05, 0.1) is 19.6 Å². The topological polar surface area (TPSA) is 135 Å². The number of ether oxygens (including phenoxy) is 4. The molecule has 0 aliphatic carbocycles. The first-order valence-corrected chi connectivity index (χ1v) is 10.7. The summed E-state index contributed by atoms with van der Waals surface area (Å²) in [5, 5.41) is 41.1. The van der Waals surface area contributed by atoms with Crippen LogP contribution in [0, 0.1) is 13.8 Å². The Morgan fingerprint density at radius 3 is 2.30 bits per heavy atom. The fraction of sp³-hybridized carbons (Fsp3) is 0.458. The third kappa shape index (κ3) is 4.02. The highest BCUT2D eigenvalue weighted by molar-refractivity contribution is 6.03. The van der Waals surface area contributed by atoms with Crippen molar-refractivity contribution in [3.63, 3.8) is 0 Å². The van der Waals surface area contributed by atoms with E-state index in [4.69, 9.17) is 18.9 Å². The van der Waals surface area contributed by atoms with Crippen LogP contribution in [0.4, 0.5) is 0 Å². The number of aromatic hydroxyl groups is 1. The molecule has 0 amide bonds. The fourth-order valence-electron chi connectivity index (χ4n) is 4.24. The van der Waals surface area contributed by atoms with Crippen molar-refractivity contribution in [3.8, 4) is 23.0 Å². The predicted molar refractivity (Wildman–Crippen MR) is 116 cm³/mol. The zero-order chi connectivity index (χ0) is 24.0. The summed E-state index contributed by atoms with van der Waals surface area (Å²) in [6.07, 6.45) is -6.88. The van der Waals surface area contributed by atoms with Gasteiger partial charge in [0.15, 0.2) is 5.78 Å². The van der Waals surface area contributed by atoms with Gasteiger partial charge in [0.1, 0.15) is 53.0 Å². The molecule has 9 nitrogen and oxygen atoms in total. The van der Waals surface area contributed by atoms with Crippen molar-refractivity contribution in [3.05, 3.63) is 46.5 Å². The highest BCUT2D eigenvalue weighted by atomic mass is 16.7. The van der Waals surface area contributed by atoms with E-state index in [2.05, 4.69) is 0 Å². The van der Waals surface area contributed by atoms with Crippen LogP contribution in [0.25, 0.3) is 0 Å². The van der Waals surface area contributed by atoms with Gasteiger partial charge >= 0.3 is 0 Å². The normalized spacial score (nSPS) is 29.2. The summed E-state index contributed by atoms with van der Waals surface area (Å²) < 4.78 is 22.7. The van der Waals surface area contributed by atoms with Crippen molar-refractivity contribution in [1.82, 2.24) is 0 Å². The predicted octanol–water partition coefficient (Wildman–Crippen LogP) is 1.93. The van der Waals surface area contributed by atoms with Crippen LogP contribution in [0.1, 0.15) is 46.5 Å². The Labute approximate surface area is 191 Å². The van der Waals surface area contributed by atoms with E-state index in [1.165, 1.54) is 0 Å². The van der Waals surface area contributed by atoms with Gasteiger partial charge in [-0.25, -0.2) is 0 Å². The van der Waals surface area contributed by atoms with Gasteiger partial charge in [0, 0.05) is 11.1 Å². The molecule has 2 aromatic carbocycles. The number of phenolic OH excluding ortho intramolecular Hbond substituents is 1. The van der Waals surface area contributed by atoms with Crippen LogP contribution < -0.4 is 14.2 Å². The van der Waals surface area contributed by atoms with E-state index in [0.717, 1.165) is 5.56 Å². The number of phenols is 1. The SMILES string of the molecule is COc1ccc(C2CC(=O)c3c(O)c(C)c(OC4OC(C)C(O)C(O)C4O)c(C)c3O2)cc1. The fourth-order valence-corrected chi connectivity index (χ4v) is 4.24. The standard InChI is InChI=1S/C24H28O9/c1-10-18(26)17-15(25)9-16(13-5-7-14(30-4)8-6-13)32-23(17)11(2)22(10)33-24-21(29)20(28)19(27)12(3)31-24/h5-8,12,16,19-21,24,26-29H,9H2,1-4H3. The molecule has 0 radical (unpaired) electrons. The molecule has 6 unspecified atom stereocenters. The number of carbonyl (C=O) groups excluding carboxylic acids is 1. The minimum absolute atomic E-state index is 0.0536. The number of hydrogen-bond acceptors (Lipinski definition) is 9. The van der Waals surface area contributed by atoms with Crippen molar-refractivity contribution in [2.75, 3.05) is 7.11 Å². The van der Waals surface area contributed by atoms with Gasteiger partial charge in [0.2, 0.25) is 6.29 Å². The summed E-state index contributed by atoms with van der Waals surface area (Å²) in [7, 11) is 1.56. The molecule has 0 aromatic heterocycles. The van der Waals surface area contributed by atoms with E-state index in [0.29, 0.717) is 11.3 Å². The van der Waals surface area contributed by atoms with Crippen LogP contribution in [0.5, 0.6) is 23.0 Å². The molecular weight excluding hydrogens is 432 g/mol. The minimum Gasteiger partial charge on any atom is -0.507 e. The van der Waals surface area contributed by atoms with Gasteiger partial charge in [-0.1, -0.05) is 12.1 Å². The van der Waals surface area contributed by atoms with Crippen LogP contribution in [-0.4, -0.2) is 64.0 Å². The number of aliphatic hydroxyl groups excluding tert-OH is 3. The largest absolute Gasteiger partial charge is 0.507 e. The molecule has 178 valence electrons. The van der Waals surface area contributed by atoms with Crippen LogP contribution in [0.15, 0.2) is 24.3 Å². The lowest BCUT2D eigenvalue weighted by Crippen LogP contribution is -2.58. The first-order valence-electron chi connectivity index (χ1n) is 10.7. The van der Waals surface area contributed by atoms with Gasteiger partial charge in [-0.05, 0) is 38.5 Å². The van der Waals surface area contributed by atoms with Crippen molar-refractivity contribution in [2.24, 2.45) is 0 Å². The smallest absolute Gasteiger partial charge is 0.229 e.